The highest BCUT2D eigenvalue weighted by Crippen LogP contribution is 2.39. The van der Waals surface area contributed by atoms with Gasteiger partial charge in [-0.3, -0.25) is 4.78 Å². The summed E-state index contributed by atoms with van der Waals surface area (Å²) >= 11 is 1.06. The first-order chi connectivity index (χ1) is 19.4. The number of benzene rings is 2. The fraction of sp³-hybridized carbons (Fsp3) is 0.385. The van der Waals surface area contributed by atoms with Crippen LogP contribution in [0, 0.1) is 21.4 Å². The van der Waals surface area contributed by atoms with E-state index in [-0.39, 0.29) is 45.1 Å². The van der Waals surface area contributed by atoms with Crippen molar-refractivity contribution in [2.75, 3.05) is 34.9 Å². The zero-order valence-electron chi connectivity index (χ0n) is 22.0. The molecule has 0 amide bonds. The van der Waals surface area contributed by atoms with Crippen molar-refractivity contribution in [1.29, 1.82) is 9.56 Å². The Morgan fingerprint density at radius 3 is 2.43 bits per heavy atom. The van der Waals surface area contributed by atoms with Crippen LogP contribution >= 0.6 is 11.3 Å². The zero-order chi connectivity index (χ0) is 30.9. The third kappa shape index (κ3) is 8.45. The second kappa shape index (κ2) is 11.8. The molecule has 42 heavy (non-hydrogen) atoms. The molecule has 3 aromatic rings. The standard InChI is InChI=1S/C26H26F6N4O3S3/c1-41(33,37)17-7-8-20(22(14-17)39-26(30,31)32)35-11-3-6-23-19(15-25(27,28)29)18-4-2-5-21(24(18)40-23)36-16-9-12-42(34,38)13-10-16/h2,4-5,7-8,14,16,33-36H,9-13,15H2,1H3. The second-order valence-corrected chi connectivity index (χ2v) is 15.3. The van der Waals surface area contributed by atoms with Crippen molar-refractivity contribution < 1.29 is 39.5 Å². The van der Waals surface area contributed by atoms with Gasteiger partial charge in [-0.05, 0) is 48.1 Å². The third-order valence-electron chi connectivity index (χ3n) is 6.34. The summed E-state index contributed by atoms with van der Waals surface area (Å²) < 4.78 is 123. The lowest BCUT2D eigenvalue weighted by Crippen LogP contribution is -2.31. The molecule has 2 aromatic carbocycles. The minimum Gasteiger partial charge on any atom is -0.404 e. The topological polar surface area (TPSA) is 115 Å². The van der Waals surface area contributed by atoms with E-state index in [9.17, 15) is 34.8 Å². The summed E-state index contributed by atoms with van der Waals surface area (Å²) in [6.45, 7) is -0.255. The van der Waals surface area contributed by atoms with Crippen LogP contribution in [0.25, 0.3) is 10.1 Å². The van der Waals surface area contributed by atoms with Gasteiger partial charge in [0.15, 0.2) is 5.75 Å². The highest BCUT2D eigenvalue weighted by Gasteiger charge is 2.33. The van der Waals surface area contributed by atoms with Gasteiger partial charge in [0.25, 0.3) is 0 Å². The molecule has 4 rings (SSSR count). The van der Waals surface area contributed by atoms with Gasteiger partial charge in [-0.2, -0.15) is 13.2 Å². The highest BCUT2D eigenvalue weighted by molar-refractivity contribution is 7.92. The zero-order valence-corrected chi connectivity index (χ0v) is 24.5. The molecule has 0 aliphatic carbocycles. The van der Waals surface area contributed by atoms with Crippen LogP contribution in [0.3, 0.4) is 0 Å². The number of anilines is 2. The first kappa shape index (κ1) is 31.8. The van der Waals surface area contributed by atoms with Gasteiger partial charge in [-0.15, -0.1) is 24.5 Å². The van der Waals surface area contributed by atoms with Crippen molar-refractivity contribution >= 4 is 52.3 Å². The number of fused-ring (bicyclic) bond motifs is 1. The van der Waals surface area contributed by atoms with Crippen LogP contribution < -0.4 is 15.4 Å². The average molecular weight is 653 g/mol. The lowest BCUT2D eigenvalue weighted by Gasteiger charge is -2.25. The molecule has 0 bridgehead atoms. The molecular weight excluding hydrogens is 627 g/mol. The maximum Gasteiger partial charge on any atom is 0.573 e. The molecular formula is C26H26F6N4O3S3. The van der Waals surface area contributed by atoms with E-state index in [1.807, 2.05) is 0 Å². The molecule has 16 heteroatoms. The lowest BCUT2D eigenvalue weighted by molar-refractivity contribution is -0.274. The number of hydrogen-bond donors (Lipinski definition) is 4. The van der Waals surface area contributed by atoms with Crippen LogP contribution in [0.1, 0.15) is 23.3 Å². The molecule has 1 atom stereocenters. The van der Waals surface area contributed by atoms with Crippen molar-refractivity contribution in [3.8, 4) is 17.6 Å². The number of alkyl halides is 6. The molecule has 1 aliphatic rings. The molecule has 0 spiro atoms. The molecule has 4 N–H and O–H groups in total. The number of halogens is 6. The Hall–Kier alpha value is -3.16. The molecule has 1 saturated heterocycles. The minimum absolute atomic E-state index is 0.0185. The van der Waals surface area contributed by atoms with Crippen LogP contribution in [-0.2, 0) is 25.9 Å². The van der Waals surface area contributed by atoms with Crippen LogP contribution in [0.15, 0.2) is 41.3 Å². The largest absolute Gasteiger partial charge is 0.573 e. The molecule has 2 heterocycles. The molecule has 0 saturated carbocycles. The molecule has 1 fully saturated rings. The van der Waals surface area contributed by atoms with Crippen molar-refractivity contribution in [2.24, 2.45) is 0 Å². The van der Waals surface area contributed by atoms with Gasteiger partial charge in [0, 0.05) is 33.5 Å². The highest BCUT2D eigenvalue weighted by atomic mass is 32.2. The lowest BCUT2D eigenvalue weighted by atomic mass is 10.1. The predicted octanol–water partition coefficient (Wildman–Crippen LogP) is 7.02. The quantitative estimate of drug-likeness (QED) is 0.162. The van der Waals surface area contributed by atoms with E-state index in [1.165, 1.54) is 6.07 Å². The second-order valence-electron chi connectivity index (χ2n) is 9.73. The van der Waals surface area contributed by atoms with E-state index in [1.54, 1.807) is 18.2 Å². The fourth-order valence-corrected chi connectivity index (χ4v) is 7.77. The third-order valence-corrected chi connectivity index (χ3v) is 10.5. The smallest absolute Gasteiger partial charge is 0.404 e. The van der Waals surface area contributed by atoms with E-state index >= 15 is 0 Å². The first-order valence-electron chi connectivity index (χ1n) is 12.4. The molecule has 0 radical (unpaired) electrons. The Balaban J connectivity index is 1.62. The number of thiophene rings is 1. The molecule has 7 nitrogen and oxygen atoms in total. The van der Waals surface area contributed by atoms with E-state index in [0.717, 1.165) is 29.7 Å². The van der Waals surface area contributed by atoms with Gasteiger partial charge in [0.05, 0.1) is 48.5 Å². The average Bonchev–Trinajstić information content (AvgIpc) is 3.19. The summed E-state index contributed by atoms with van der Waals surface area (Å²) in [6, 6.07) is 8.06. The Morgan fingerprint density at radius 1 is 1.12 bits per heavy atom. The van der Waals surface area contributed by atoms with Crippen molar-refractivity contribution in [2.45, 2.75) is 42.7 Å². The predicted molar refractivity (Wildman–Crippen MR) is 152 cm³/mol. The van der Waals surface area contributed by atoms with Crippen LogP contribution in [-0.4, -0.2) is 51.3 Å². The number of nitrogens with one attached hydrogen (secondary N) is 4. The first-order valence-corrected chi connectivity index (χ1v) is 17.1. The Labute approximate surface area is 243 Å². The number of rotatable bonds is 7. The SMILES string of the molecule is CS(=N)(=O)c1ccc(NCC#Cc2sc3c(NC4CCS(=N)(=O)CC4)cccc3c2CC(F)(F)F)c(OC(F)(F)F)c1. The molecule has 1 aromatic heterocycles. The molecule has 1 unspecified atom stereocenters. The Morgan fingerprint density at radius 2 is 1.81 bits per heavy atom. The maximum absolute atomic E-state index is 13.5. The minimum atomic E-state index is -5.06. The molecule has 1 aliphatic heterocycles. The van der Waals surface area contributed by atoms with Crippen molar-refractivity contribution in [1.82, 2.24) is 0 Å². The Kier molecular flexibility index (Phi) is 8.96. The van der Waals surface area contributed by atoms with Gasteiger partial charge in [-0.1, -0.05) is 24.0 Å². The summed E-state index contributed by atoms with van der Waals surface area (Å²) in [7, 11) is -5.93. The van der Waals surface area contributed by atoms with Gasteiger partial charge in [0.1, 0.15) is 0 Å². The number of ether oxygens (including phenoxy) is 1. The van der Waals surface area contributed by atoms with Crippen molar-refractivity contribution in [3.63, 3.8) is 0 Å². The van der Waals surface area contributed by atoms with Gasteiger partial charge >= 0.3 is 12.5 Å². The normalized spacial score (nSPS) is 20.8. The van der Waals surface area contributed by atoms with Gasteiger partial charge in [-0.25, -0.2) is 13.2 Å². The maximum atomic E-state index is 13.5. The summed E-state index contributed by atoms with van der Waals surface area (Å²) in [4.78, 5) is -0.0235. The van der Waals surface area contributed by atoms with Gasteiger partial charge in [0.2, 0.25) is 0 Å². The monoisotopic (exact) mass is 652 g/mol. The van der Waals surface area contributed by atoms with E-state index in [2.05, 4.69) is 27.2 Å². The summed E-state index contributed by atoms with van der Waals surface area (Å²) in [6.07, 6.45) is -8.78. The molecule has 228 valence electrons. The number of hydrogen-bond acceptors (Lipinski definition) is 8. The fourth-order valence-electron chi connectivity index (χ4n) is 4.40. The van der Waals surface area contributed by atoms with Crippen LogP contribution in [0.5, 0.6) is 5.75 Å². The summed E-state index contributed by atoms with van der Waals surface area (Å²) in [5.74, 6) is 5.14. The van der Waals surface area contributed by atoms with Crippen molar-refractivity contribution in [3.05, 3.63) is 46.8 Å². The Bertz CT molecular complexity index is 1740. The van der Waals surface area contributed by atoms with Crippen LogP contribution in [0.4, 0.5) is 37.7 Å². The van der Waals surface area contributed by atoms with Gasteiger partial charge < -0.3 is 15.4 Å². The van der Waals surface area contributed by atoms with Crippen LogP contribution in [0.2, 0.25) is 0 Å². The van der Waals surface area contributed by atoms with E-state index in [0.29, 0.717) is 28.6 Å². The summed E-state index contributed by atoms with van der Waals surface area (Å²) in [5, 5.41) is 6.32. The summed E-state index contributed by atoms with van der Waals surface area (Å²) in [5.41, 5.74) is 0.429. The van der Waals surface area contributed by atoms with E-state index < -0.39 is 44.2 Å². The van der Waals surface area contributed by atoms with E-state index in [4.69, 9.17) is 9.56 Å².